The van der Waals surface area contributed by atoms with Crippen LogP contribution in [0.5, 0.6) is 0 Å². The van der Waals surface area contributed by atoms with E-state index in [1.54, 1.807) is 10.8 Å². The number of hydrogen-bond acceptors (Lipinski definition) is 0. The molecule has 1 atom stereocenters. The van der Waals surface area contributed by atoms with Crippen LogP contribution in [0.25, 0.3) is 5.57 Å². The van der Waals surface area contributed by atoms with Gasteiger partial charge in [-0.15, -0.1) is 0 Å². The molecule has 1 radical (unpaired) electrons. The maximum Gasteiger partial charge on any atom is 0.0699 e. The average Bonchev–Trinajstić information content (AvgIpc) is 2.57. The lowest BCUT2D eigenvalue weighted by atomic mass is 9.94. The fourth-order valence-electron chi connectivity index (χ4n) is 2.22. The summed E-state index contributed by atoms with van der Waals surface area (Å²) in [5.74, 6) is 0.589. The smallest absolute Gasteiger partial charge is 0.0699 e. The Kier molecular flexibility index (Phi) is 1.68. The third-order valence-corrected chi connectivity index (χ3v) is 4.31. The quantitative estimate of drug-likeness (QED) is 0.555. The molecular formula is C13H11Si. The van der Waals surface area contributed by atoms with Gasteiger partial charge >= 0.3 is 0 Å². The van der Waals surface area contributed by atoms with Crippen molar-refractivity contribution in [1.29, 1.82) is 0 Å². The number of rotatable bonds is 0. The normalized spacial score (nSPS) is 22.5. The summed E-state index contributed by atoms with van der Waals surface area (Å²) in [4.78, 5) is 1.52. The third-order valence-electron chi connectivity index (χ3n) is 2.89. The molecule has 0 amide bonds. The lowest BCUT2D eigenvalue weighted by molar-refractivity contribution is 0.955. The van der Waals surface area contributed by atoms with Crippen molar-refractivity contribution in [3.8, 4) is 0 Å². The Morgan fingerprint density at radius 3 is 3.00 bits per heavy atom. The first-order chi connectivity index (χ1) is 6.86. The molecule has 1 aromatic carbocycles. The summed E-state index contributed by atoms with van der Waals surface area (Å²) >= 11 is 0. The highest BCUT2D eigenvalue weighted by Crippen LogP contribution is 2.26. The molecule has 0 bridgehead atoms. The molecule has 0 saturated carbocycles. The van der Waals surface area contributed by atoms with E-state index in [1.165, 1.54) is 10.0 Å². The van der Waals surface area contributed by atoms with Gasteiger partial charge in [0, 0.05) is 5.92 Å². The zero-order valence-corrected chi connectivity index (χ0v) is 9.12. The van der Waals surface area contributed by atoms with Gasteiger partial charge in [0.05, 0.1) is 9.13 Å². The molecular weight excluding hydrogens is 184 g/mol. The summed E-state index contributed by atoms with van der Waals surface area (Å²) in [7, 11) is 0.868. The summed E-state index contributed by atoms with van der Waals surface area (Å²) < 4.78 is 0. The molecule has 0 N–H and O–H groups in total. The van der Waals surface area contributed by atoms with Crippen LogP contribution in [0.3, 0.4) is 0 Å². The Balaban J connectivity index is 2.45. The molecule has 1 unspecified atom stereocenters. The summed E-state index contributed by atoms with van der Waals surface area (Å²) in [5.41, 5.74) is 1.56. The molecule has 0 aromatic heterocycles. The second kappa shape index (κ2) is 2.89. The molecule has 67 valence electrons. The van der Waals surface area contributed by atoms with Crippen molar-refractivity contribution in [3.63, 3.8) is 0 Å². The van der Waals surface area contributed by atoms with Gasteiger partial charge in [-0.3, -0.25) is 0 Å². The van der Waals surface area contributed by atoms with E-state index in [2.05, 4.69) is 49.4 Å². The Labute approximate surface area is 85.7 Å². The van der Waals surface area contributed by atoms with Gasteiger partial charge in [0.15, 0.2) is 0 Å². The molecule has 3 rings (SSSR count). The Morgan fingerprint density at radius 2 is 2.07 bits per heavy atom. The van der Waals surface area contributed by atoms with Crippen LogP contribution in [0.4, 0.5) is 0 Å². The summed E-state index contributed by atoms with van der Waals surface area (Å²) in [6.45, 7) is 2.28. The fraction of sp³-hybridized carbons (Fsp3) is 0.154. The van der Waals surface area contributed by atoms with E-state index < -0.39 is 0 Å². The minimum Gasteiger partial charge on any atom is -0.0773 e. The summed E-state index contributed by atoms with van der Waals surface area (Å²) in [5, 5.41) is 3.02. The van der Waals surface area contributed by atoms with Crippen molar-refractivity contribution in [3.05, 3.63) is 57.7 Å². The lowest BCUT2D eigenvalue weighted by Gasteiger charge is -2.14. The maximum atomic E-state index is 2.28. The van der Waals surface area contributed by atoms with Crippen LogP contribution in [-0.2, 0) is 0 Å². The van der Waals surface area contributed by atoms with Gasteiger partial charge in [0.1, 0.15) is 0 Å². The number of allylic oxidation sites excluding steroid dienone is 4. The van der Waals surface area contributed by atoms with Crippen molar-refractivity contribution in [1.82, 2.24) is 0 Å². The topological polar surface area (TPSA) is 0 Å². The van der Waals surface area contributed by atoms with E-state index in [-0.39, 0.29) is 0 Å². The predicted molar refractivity (Wildman–Crippen MR) is 60.5 cm³/mol. The zero-order chi connectivity index (χ0) is 9.54. The lowest BCUT2D eigenvalue weighted by Crippen LogP contribution is -2.10. The summed E-state index contributed by atoms with van der Waals surface area (Å²) in [6, 6.07) is 8.80. The molecule has 1 heteroatoms. The summed E-state index contributed by atoms with van der Waals surface area (Å²) in [6.07, 6.45) is 6.75. The Bertz CT molecular complexity index is 561. The second-order valence-corrected chi connectivity index (χ2v) is 5.17. The Morgan fingerprint density at radius 1 is 1.21 bits per heavy atom. The van der Waals surface area contributed by atoms with Crippen molar-refractivity contribution in [2.45, 2.75) is 6.92 Å². The molecule has 2 aliphatic rings. The van der Waals surface area contributed by atoms with Crippen LogP contribution in [0.15, 0.2) is 47.7 Å². The predicted octanol–water partition coefficient (Wildman–Crippen LogP) is 1.90. The van der Waals surface area contributed by atoms with E-state index in [0.29, 0.717) is 5.92 Å². The van der Waals surface area contributed by atoms with Crippen LogP contribution in [0.1, 0.15) is 6.92 Å². The highest BCUT2D eigenvalue weighted by atomic mass is 28.2. The molecule has 14 heavy (non-hydrogen) atoms. The number of hydrogen-bond donors (Lipinski definition) is 0. The number of fused-ring (bicyclic) bond motifs is 2. The first-order valence-electron chi connectivity index (χ1n) is 4.98. The average molecular weight is 195 g/mol. The van der Waals surface area contributed by atoms with Crippen molar-refractivity contribution < 1.29 is 0 Å². The van der Waals surface area contributed by atoms with E-state index in [9.17, 15) is 0 Å². The second-order valence-electron chi connectivity index (χ2n) is 3.84. The van der Waals surface area contributed by atoms with Gasteiger partial charge in [0.2, 0.25) is 0 Å². The molecule has 1 aromatic rings. The van der Waals surface area contributed by atoms with Gasteiger partial charge in [0.25, 0.3) is 0 Å². The van der Waals surface area contributed by atoms with Gasteiger partial charge in [-0.25, -0.2) is 0 Å². The molecule has 0 nitrogen and oxygen atoms in total. The minimum absolute atomic E-state index is 0.589. The highest BCUT2D eigenvalue weighted by Gasteiger charge is 2.17. The van der Waals surface area contributed by atoms with Crippen molar-refractivity contribution in [2.75, 3.05) is 0 Å². The van der Waals surface area contributed by atoms with Gasteiger partial charge in [-0.05, 0) is 20.8 Å². The number of benzene rings is 1. The van der Waals surface area contributed by atoms with Crippen molar-refractivity contribution >= 4 is 14.7 Å². The molecule has 1 aliphatic heterocycles. The van der Waals surface area contributed by atoms with Gasteiger partial charge < -0.3 is 0 Å². The standard InChI is InChI=1S/C13H11Si/c1-9-5-4-8-12-13(9)10-6-2-3-7-11(10)14-12/h2-9H,1H3. The molecule has 0 saturated heterocycles. The molecule has 1 aliphatic carbocycles. The van der Waals surface area contributed by atoms with Crippen LogP contribution in [0, 0.1) is 10.7 Å². The first-order valence-corrected chi connectivity index (χ1v) is 5.98. The van der Waals surface area contributed by atoms with Crippen LogP contribution >= 0.6 is 0 Å². The molecule has 0 fully saturated rings. The molecule has 1 heterocycles. The zero-order valence-electron chi connectivity index (χ0n) is 8.12. The fourth-order valence-corrected chi connectivity index (χ4v) is 3.72. The van der Waals surface area contributed by atoms with Crippen molar-refractivity contribution in [2.24, 2.45) is 5.92 Å². The highest BCUT2D eigenvalue weighted by molar-refractivity contribution is 6.44. The van der Waals surface area contributed by atoms with Crippen LogP contribution < -0.4 is 5.22 Å². The monoisotopic (exact) mass is 195 g/mol. The van der Waals surface area contributed by atoms with E-state index >= 15 is 0 Å². The van der Waals surface area contributed by atoms with Gasteiger partial charge in [-0.2, -0.15) is 0 Å². The van der Waals surface area contributed by atoms with E-state index in [0.717, 1.165) is 9.13 Å². The van der Waals surface area contributed by atoms with Crippen LogP contribution in [0.2, 0.25) is 0 Å². The van der Waals surface area contributed by atoms with E-state index in [1.807, 2.05) is 0 Å². The first kappa shape index (κ1) is 8.12. The van der Waals surface area contributed by atoms with E-state index in [4.69, 9.17) is 0 Å². The third kappa shape index (κ3) is 1.02. The van der Waals surface area contributed by atoms with Crippen LogP contribution in [-0.4, -0.2) is 9.13 Å². The SMILES string of the molecule is CC1C=CC=C2[Si]=c3ccccc3=C21. The largest absolute Gasteiger partial charge is 0.0773 e. The van der Waals surface area contributed by atoms with Gasteiger partial charge in [-0.1, -0.05) is 49.4 Å². The maximum absolute atomic E-state index is 2.28. The molecule has 0 spiro atoms. The minimum atomic E-state index is 0.589. The Hall–Kier alpha value is -1.21.